The lowest BCUT2D eigenvalue weighted by Gasteiger charge is -2.46. The number of hydrogen-bond donors (Lipinski definition) is 2. The zero-order chi connectivity index (χ0) is 50.0. The lowest BCUT2D eigenvalue weighted by atomic mass is 9.87. The second-order valence-corrected chi connectivity index (χ2v) is 19.1. The Labute approximate surface area is 425 Å². The first-order valence-corrected chi connectivity index (χ1v) is 24.9. The molecule has 1 saturated heterocycles. The van der Waals surface area contributed by atoms with Crippen molar-refractivity contribution in [2.45, 2.75) is 103 Å². The molecule has 0 radical (unpaired) electrons. The van der Waals surface area contributed by atoms with E-state index in [2.05, 4.69) is 109 Å². The molecule has 5 atom stereocenters. The first-order valence-electron chi connectivity index (χ1n) is 24.9. The zero-order valence-electron chi connectivity index (χ0n) is 41.6. The fraction of sp³-hybridized carbons (Fsp3) is 0.286. The van der Waals surface area contributed by atoms with E-state index < -0.39 is 36.1 Å². The van der Waals surface area contributed by atoms with Crippen LogP contribution >= 0.6 is 0 Å². The average molecular weight is 966 g/mol. The van der Waals surface area contributed by atoms with Gasteiger partial charge in [0.1, 0.15) is 42.9 Å². The third-order valence-corrected chi connectivity index (χ3v) is 12.8. The van der Waals surface area contributed by atoms with Crippen LogP contribution in [0.1, 0.15) is 82.0 Å². The minimum Gasteiger partial charge on any atom is -0.489 e. The van der Waals surface area contributed by atoms with Gasteiger partial charge in [-0.25, -0.2) is 0 Å². The molecule has 7 aromatic carbocycles. The van der Waals surface area contributed by atoms with Crippen molar-refractivity contribution in [2.75, 3.05) is 13.2 Å². The summed E-state index contributed by atoms with van der Waals surface area (Å²) >= 11 is 0. The molecule has 9 heteroatoms. The highest BCUT2D eigenvalue weighted by Gasteiger charge is 2.50. The van der Waals surface area contributed by atoms with Crippen molar-refractivity contribution >= 4 is 12.0 Å². The number of amides is 1. The van der Waals surface area contributed by atoms with Crippen LogP contribution in [0.4, 0.5) is 0 Å². The molecule has 1 aliphatic rings. The lowest BCUT2D eigenvalue weighted by molar-refractivity contribution is -0.275. The molecule has 72 heavy (non-hydrogen) atoms. The van der Waals surface area contributed by atoms with Crippen LogP contribution in [0.15, 0.2) is 194 Å². The third kappa shape index (κ3) is 15.2. The molecule has 8 rings (SSSR count). The summed E-state index contributed by atoms with van der Waals surface area (Å²) in [4.78, 5) is 12.5. The van der Waals surface area contributed by atoms with Crippen LogP contribution in [0, 0.1) is 6.92 Å². The molecule has 7 aromatic rings. The first-order chi connectivity index (χ1) is 35.2. The van der Waals surface area contributed by atoms with Crippen molar-refractivity contribution in [3.05, 3.63) is 250 Å². The SMILES string of the molecule is Cc1cc(OCc2ccccc2)c([C@@H]2O[C@H](COCc3ccccc3)[C@@H](OCc3ccccc3)[C@H](OCc3ccccc3)[C@H]2OCc2ccccc2)cc1Cc1ccc(/C=C/CC(=O)NC(C)(C)CO)cc1. The summed E-state index contributed by atoms with van der Waals surface area (Å²) in [6.45, 7) is 7.51. The predicted molar refractivity (Wildman–Crippen MR) is 283 cm³/mol. The van der Waals surface area contributed by atoms with Crippen molar-refractivity contribution in [3.8, 4) is 5.75 Å². The van der Waals surface area contributed by atoms with E-state index in [1.165, 1.54) is 0 Å². The number of carbonyl (C=O) groups is 1. The quantitative estimate of drug-likeness (QED) is 0.0617. The second kappa shape index (κ2) is 26.1. The van der Waals surface area contributed by atoms with Gasteiger partial charge in [0.05, 0.1) is 45.2 Å². The fourth-order valence-corrected chi connectivity index (χ4v) is 8.79. The monoisotopic (exact) mass is 965 g/mol. The topological polar surface area (TPSA) is 105 Å². The van der Waals surface area contributed by atoms with Crippen molar-refractivity contribution in [1.82, 2.24) is 5.32 Å². The summed E-state index contributed by atoms with van der Waals surface area (Å²) < 4.78 is 42.2. The normalized spacial score (nSPS) is 18.0. The zero-order valence-corrected chi connectivity index (χ0v) is 41.6. The molecular formula is C63H67NO8. The summed E-state index contributed by atoms with van der Waals surface area (Å²) in [7, 11) is 0. The van der Waals surface area contributed by atoms with Gasteiger partial charge in [-0.05, 0) is 89.4 Å². The highest BCUT2D eigenvalue weighted by Crippen LogP contribution is 2.43. The van der Waals surface area contributed by atoms with Crippen LogP contribution in [0.3, 0.4) is 0 Å². The smallest absolute Gasteiger partial charge is 0.224 e. The van der Waals surface area contributed by atoms with Crippen LogP contribution in [0.5, 0.6) is 5.75 Å². The molecule has 1 fully saturated rings. The van der Waals surface area contributed by atoms with Crippen LogP contribution in [-0.4, -0.2) is 54.2 Å². The van der Waals surface area contributed by atoms with Crippen LogP contribution < -0.4 is 10.1 Å². The van der Waals surface area contributed by atoms with Gasteiger partial charge in [-0.3, -0.25) is 4.79 Å². The highest BCUT2D eigenvalue weighted by atomic mass is 16.6. The number of carbonyl (C=O) groups excluding carboxylic acids is 1. The van der Waals surface area contributed by atoms with Crippen LogP contribution in [-0.2, 0) is 67.9 Å². The van der Waals surface area contributed by atoms with Gasteiger partial charge in [0.2, 0.25) is 5.91 Å². The molecule has 1 amide bonds. The molecule has 0 saturated carbocycles. The number of hydrogen-bond acceptors (Lipinski definition) is 8. The number of aliphatic hydroxyl groups excluding tert-OH is 1. The summed E-state index contributed by atoms with van der Waals surface area (Å²) in [6, 6.07) is 63.6. The molecule has 0 spiro atoms. The number of rotatable bonds is 24. The van der Waals surface area contributed by atoms with Gasteiger partial charge < -0.3 is 38.8 Å². The molecule has 0 bridgehead atoms. The number of nitrogens with one attached hydrogen (secondary N) is 1. The van der Waals surface area contributed by atoms with Gasteiger partial charge in [0.15, 0.2) is 0 Å². The summed E-state index contributed by atoms with van der Waals surface area (Å²) in [6.07, 6.45) is 1.48. The lowest BCUT2D eigenvalue weighted by Crippen LogP contribution is -2.58. The number of benzene rings is 7. The van der Waals surface area contributed by atoms with E-state index in [0.717, 1.165) is 55.6 Å². The Morgan fingerprint density at radius 3 is 1.61 bits per heavy atom. The minimum absolute atomic E-state index is 0.135. The van der Waals surface area contributed by atoms with Crippen LogP contribution in [0.25, 0.3) is 6.08 Å². The maximum atomic E-state index is 12.5. The largest absolute Gasteiger partial charge is 0.489 e. The third-order valence-electron chi connectivity index (χ3n) is 12.8. The van der Waals surface area contributed by atoms with E-state index in [-0.39, 0.29) is 25.5 Å². The van der Waals surface area contributed by atoms with Crippen molar-refractivity contribution < 1.29 is 38.3 Å². The maximum absolute atomic E-state index is 12.5. The summed E-state index contributed by atoms with van der Waals surface area (Å²) in [5.41, 5.74) is 9.62. The Hall–Kier alpha value is -6.69. The molecule has 2 N–H and O–H groups in total. The Morgan fingerprint density at radius 1 is 0.597 bits per heavy atom. The van der Waals surface area contributed by atoms with Crippen LogP contribution in [0.2, 0.25) is 0 Å². The van der Waals surface area contributed by atoms with E-state index in [1.54, 1.807) is 13.8 Å². The Morgan fingerprint density at radius 2 is 1.08 bits per heavy atom. The van der Waals surface area contributed by atoms with E-state index in [0.29, 0.717) is 45.2 Å². The average Bonchev–Trinajstić information content (AvgIpc) is 3.41. The maximum Gasteiger partial charge on any atom is 0.224 e. The van der Waals surface area contributed by atoms with Gasteiger partial charge >= 0.3 is 0 Å². The molecular weight excluding hydrogens is 899 g/mol. The standard InChI is InChI=1S/C63H67NO8/c1-46-36-56(68-40-50-22-11-5-12-23-50)55(38-54(46)37-48-34-32-47(33-35-48)30-19-31-58(66)64-63(2,3)45-65)59-61(70-42-52-26-15-7-16-27-52)62(71-43-53-28-17-8-18-29-53)60(69-41-51-24-13-6-14-25-51)57(72-59)44-67-39-49-20-9-4-10-21-49/h4-30,32-36,38,57,59-62,65H,31,37,39-45H2,1-3H3,(H,64,66)/b30-19+/t57-,59+,60-,61+,62+/m1/s1. The van der Waals surface area contributed by atoms with Gasteiger partial charge in [-0.2, -0.15) is 0 Å². The predicted octanol–water partition coefficient (Wildman–Crippen LogP) is 11.9. The molecule has 0 aliphatic carbocycles. The van der Waals surface area contributed by atoms with Crippen molar-refractivity contribution in [1.29, 1.82) is 0 Å². The van der Waals surface area contributed by atoms with E-state index >= 15 is 0 Å². The summed E-state index contributed by atoms with van der Waals surface area (Å²) in [5, 5.41) is 12.4. The Bertz CT molecular complexity index is 2730. The summed E-state index contributed by atoms with van der Waals surface area (Å²) in [5.74, 6) is 0.550. The molecule has 372 valence electrons. The minimum atomic E-state index is -0.686. The van der Waals surface area contributed by atoms with Crippen molar-refractivity contribution in [2.24, 2.45) is 0 Å². The molecule has 1 aliphatic heterocycles. The second-order valence-electron chi connectivity index (χ2n) is 19.1. The van der Waals surface area contributed by atoms with Gasteiger partial charge in [-0.15, -0.1) is 0 Å². The van der Waals surface area contributed by atoms with E-state index in [9.17, 15) is 9.90 Å². The molecule has 9 nitrogen and oxygen atoms in total. The highest BCUT2D eigenvalue weighted by molar-refractivity contribution is 5.79. The van der Waals surface area contributed by atoms with Gasteiger partial charge in [-0.1, -0.05) is 188 Å². The number of aryl methyl sites for hydroxylation is 1. The molecule has 1 heterocycles. The van der Waals surface area contributed by atoms with E-state index in [1.807, 2.05) is 103 Å². The molecule has 0 unspecified atom stereocenters. The fourth-order valence-electron chi connectivity index (χ4n) is 8.79. The van der Waals surface area contributed by atoms with E-state index in [4.69, 9.17) is 28.4 Å². The van der Waals surface area contributed by atoms with Gasteiger partial charge in [0.25, 0.3) is 0 Å². The Balaban J connectivity index is 1.17. The van der Waals surface area contributed by atoms with Gasteiger partial charge in [0, 0.05) is 12.0 Å². The first kappa shape index (κ1) is 51.7. The number of aliphatic hydroxyl groups is 1. The Kier molecular flexibility index (Phi) is 18.8. The van der Waals surface area contributed by atoms with Crippen molar-refractivity contribution in [3.63, 3.8) is 0 Å². The molecule has 0 aromatic heterocycles. The number of ether oxygens (including phenoxy) is 6.